The van der Waals surface area contributed by atoms with Crippen LogP contribution in [0.5, 0.6) is 0 Å². The number of aliphatic hydroxyl groups is 1. The Bertz CT molecular complexity index is 272. The van der Waals surface area contributed by atoms with Crippen LogP contribution in [0, 0.1) is 11.8 Å². The first-order chi connectivity index (χ1) is 9.35. The average molecular weight is 287 g/mol. The van der Waals surface area contributed by atoms with E-state index in [4.69, 9.17) is 4.74 Å². The molecule has 2 unspecified atom stereocenters. The van der Waals surface area contributed by atoms with Gasteiger partial charge in [0.2, 0.25) is 0 Å². The minimum Gasteiger partial charge on any atom is -0.444 e. The topological polar surface area (TPSA) is 49.8 Å². The number of fused-ring (bicyclic) bond motifs is 1. The summed E-state index contributed by atoms with van der Waals surface area (Å²) in [6.07, 6.45) is 1.31. The quantitative estimate of drug-likeness (QED) is 0.739. The third-order valence-electron chi connectivity index (χ3n) is 3.38. The molecule has 2 fully saturated rings. The van der Waals surface area contributed by atoms with Gasteiger partial charge in [0, 0.05) is 13.1 Å². The first kappa shape index (κ1) is 19.2. The highest BCUT2D eigenvalue weighted by atomic mass is 16.6. The van der Waals surface area contributed by atoms with E-state index in [2.05, 4.69) is 0 Å². The van der Waals surface area contributed by atoms with Gasteiger partial charge in [-0.25, -0.2) is 4.79 Å². The fourth-order valence-electron chi connectivity index (χ4n) is 2.74. The molecule has 20 heavy (non-hydrogen) atoms. The molecule has 2 atom stereocenters. The van der Waals surface area contributed by atoms with Gasteiger partial charge in [0.25, 0.3) is 0 Å². The molecule has 1 saturated heterocycles. The number of likely N-dealkylation sites (tertiary alicyclic amines) is 1. The van der Waals surface area contributed by atoms with Crippen LogP contribution in [0.2, 0.25) is 0 Å². The van der Waals surface area contributed by atoms with Crippen molar-refractivity contribution in [3.63, 3.8) is 0 Å². The molecule has 1 N–H and O–H groups in total. The number of amides is 1. The summed E-state index contributed by atoms with van der Waals surface area (Å²) >= 11 is 0. The Hall–Kier alpha value is -0.770. The van der Waals surface area contributed by atoms with Crippen molar-refractivity contribution in [3.8, 4) is 0 Å². The van der Waals surface area contributed by atoms with Gasteiger partial charge in [-0.05, 0) is 45.4 Å². The van der Waals surface area contributed by atoms with Gasteiger partial charge in [-0.15, -0.1) is 0 Å². The number of hydrogen-bond donors (Lipinski definition) is 1. The fourth-order valence-corrected chi connectivity index (χ4v) is 2.74. The van der Waals surface area contributed by atoms with Crippen molar-refractivity contribution >= 4 is 6.09 Å². The van der Waals surface area contributed by atoms with Crippen LogP contribution < -0.4 is 0 Å². The maximum atomic E-state index is 11.8. The average Bonchev–Trinajstić information content (AvgIpc) is 2.89. The molecule has 1 aliphatic carbocycles. The summed E-state index contributed by atoms with van der Waals surface area (Å²) in [7, 11) is 0. The van der Waals surface area contributed by atoms with Crippen molar-refractivity contribution in [3.05, 3.63) is 0 Å². The van der Waals surface area contributed by atoms with Crippen LogP contribution in [0.3, 0.4) is 0 Å². The highest BCUT2D eigenvalue weighted by Gasteiger charge is 2.42. The van der Waals surface area contributed by atoms with Crippen LogP contribution in [0.4, 0.5) is 4.79 Å². The molecule has 4 nitrogen and oxygen atoms in total. The maximum absolute atomic E-state index is 11.8. The Morgan fingerprint density at radius 2 is 1.45 bits per heavy atom. The number of aliphatic hydroxyl groups excluding tert-OH is 1. The lowest BCUT2D eigenvalue weighted by Crippen LogP contribution is -2.36. The SMILES string of the molecule is CC.CC.CC(C)(C)OC(=O)N1CC2CC(O)CC2C1. The van der Waals surface area contributed by atoms with Gasteiger partial charge < -0.3 is 14.7 Å². The van der Waals surface area contributed by atoms with E-state index < -0.39 is 5.60 Å². The number of rotatable bonds is 0. The first-order valence-corrected chi connectivity index (χ1v) is 8.01. The molecule has 2 rings (SSSR count). The predicted molar refractivity (Wildman–Crippen MR) is 82.7 cm³/mol. The zero-order valence-corrected chi connectivity index (χ0v) is 14.3. The van der Waals surface area contributed by atoms with Crippen molar-refractivity contribution in [1.29, 1.82) is 0 Å². The molecule has 0 aromatic carbocycles. The molecule has 1 saturated carbocycles. The Labute approximate surface area is 124 Å². The summed E-state index contributed by atoms with van der Waals surface area (Å²) in [6.45, 7) is 15.1. The highest BCUT2D eigenvalue weighted by molar-refractivity contribution is 5.68. The lowest BCUT2D eigenvalue weighted by molar-refractivity contribution is 0.0269. The summed E-state index contributed by atoms with van der Waals surface area (Å²) in [5.41, 5.74) is -0.422. The Morgan fingerprint density at radius 1 is 1.05 bits per heavy atom. The van der Waals surface area contributed by atoms with Gasteiger partial charge in [0.15, 0.2) is 0 Å². The minimum atomic E-state index is -0.422. The van der Waals surface area contributed by atoms with Gasteiger partial charge in [0.1, 0.15) is 5.60 Å². The van der Waals surface area contributed by atoms with Crippen LogP contribution in [-0.2, 0) is 4.74 Å². The van der Waals surface area contributed by atoms with E-state index in [-0.39, 0.29) is 12.2 Å². The van der Waals surface area contributed by atoms with Crippen LogP contribution in [0.15, 0.2) is 0 Å². The second-order valence-electron chi connectivity index (χ2n) is 6.03. The number of carbonyl (C=O) groups is 1. The second kappa shape index (κ2) is 8.50. The van der Waals surface area contributed by atoms with Crippen molar-refractivity contribution in [2.45, 2.75) is 73.0 Å². The number of hydrogen-bond acceptors (Lipinski definition) is 3. The number of ether oxygens (including phenoxy) is 1. The molecule has 2 aliphatic rings. The normalized spacial score (nSPS) is 27.8. The minimum absolute atomic E-state index is 0.157. The second-order valence-corrected chi connectivity index (χ2v) is 6.03. The molecular weight excluding hydrogens is 254 g/mol. The molecule has 120 valence electrons. The van der Waals surface area contributed by atoms with Crippen LogP contribution in [0.1, 0.15) is 61.3 Å². The van der Waals surface area contributed by atoms with Gasteiger partial charge in [-0.1, -0.05) is 27.7 Å². The molecule has 4 heteroatoms. The molecule has 1 aliphatic heterocycles. The Morgan fingerprint density at radius 3 is 1.80 bits per heavy atom. The Kier molecular flexibility index (Phi) is 8.17. The van der Waals surface area contributed by atoms with Gasteiger partial charge in [-0.3, -0.25) is 0 Å². The molecule has 0 aromatic rings. The van der Waals surface area contributed by atoms with E-state index in [1.54, 1.807) is 4.90 Å². The third kappa shape index (κ3) is 5.70. The largest absolute Gasteiger partial charge is 0.444 e. The monoisotopic (exact) mass is 287 g/mol. The van der Waals surface area contributed by atoms with E-state index in [1.807, 2.05) is 48.5 Å². The summed E-state index contributed by atoms with van der Waals surface area (Å²) in [6, 6.07) is 0. The zero-order chi connectivity index (χ0) is 15.9. The van der Waals surface area contributed by atoms with Crippen LogP contribution in [-0.4, -0.2) is 40.9 Å². The predicted octanol–water partition coefficient (Wildman–Crippen LogP) is 3.68. The lowest BCUT2D eigenvalue weighted by atomic mass is 10.0. The number of carbonyl (C=O) groups excluding carboxylic acids is 1. The zero-order valence-electron chi connectivity index (χ0n) is 14.3. The maximum Gasteiger partial charge on any atom is 0.410 e. The number of nitrogens with zero attached hydrogens (tertiary/aromatic N) is 1. The smallest absolute Gasteiger partial charge is 0.410 e. The Balaban J connectivity index is 0.000000829. The van der Waals surface area contributed by atoms with Gasteiger partial charge in [0.05, 0.1) is 6.10 Å². The van der Waals surface area contributed by atoms with Gasteiger partial charge in [-0.2, -0.15) is 0 Å². The summed E-state index contributed by atoms with van der Waals surface area (Å²) in [5, 5.41) is 9.51. The van der Waals surface area contributed by atoms with Crippen molar-refractivity contribution < 1.29 is 14.6 Å². The van der Waals surface area contributed by atoms with Crippen molar-refractivity contribution in [1.82, 2.24) is 4.90 Å². The summed E-state index contributed by atoms with van der Waals surface area (Å²) in [5.74, 6) is 0.949. The molecule has 0 aromatic heterocycles. The van der Waals surface area contributed by atoms with E-state index in [0.29, 0.717) is 11.8 Å². The first-order valence-electron chi connectivity index (χ1n) is 8.01. The van der Waals surface area contributed by atoms with E-state index >= 15 is 0 Å². The van der Waals surface area contributed by atoms with E-state index in [0.717, 1.165) is 25.9 Å². The summed E-state index contributed by atoms with van der Waals surface area (Å²) < 4.78 is 5.34. The summed E-state index contributed by atoms with van der Waals surface area (Å²) in [4.78, 5) is 13.6. The van der Waals surface area contributed by atoms with Crippen molar-refractivity contribution in [2.24, 2.45) is 11.8 Å². The lowest BCUT2D eigenvalue weighted by Gasteiger charge is -2.25. The highest BCUT2D eigenvalue weighted by Crippen LogP contribution is 2.38. The molecule has 1 amide bonds. The van der Waals surface area contributed by atoms with Crippen LogP contribution in [0.25, 0.3) is 0 Å². The fraction of sp³-hybridized carbons (Fsp3) is 0.938. The molecule has 0 spiro atoms. The molecule has 1 heterocycles. The van der Waals surface area contributed by atoms with Crippen molar-refractivity contribution in [2.75, 3.05) is 13.1 Å². The standard InChI is InChI=1S/C12H21NO3.2C2H6/c1-12(2,3)16-11(15)13-6-8-4-10(14)5-9(8)7-13;2*1-2/h8-10,14H,4-7H2,1-3H3;2*1-2H3. The third-order valence-corrected chi connectivity index (χ3v) is 3.38. The molecule has 0 radical (unpaired) electrons. The van der Waals surface area contributed by atoms with E-state index in [1.165, 1.54) is 0 Å². The van der Waals surface area contributed by atoms with E-state index in [9.17, 15) is 9.90 Å². The molecular formula is C16H33NO3. The van der Waals surface area contributed by atoms with Crippen LogP contribution >= 0.6 is 0 Å². The van der Waals surface area contributed by atoms with Gasteiger partial charge >= 0.3 is 6.09 Å². The molecule has 0 bridgehead atoms.